The fourth-order valence-electron chi connectivity index (χ4n) is 2.72. The number of hydrogen-bond donors (Lipinski definition) is 2. The number of aryl methyl sites for hydroxylation is 1. The summed E-state index contributed by atoms with van der Waals surface area (Å²) in [6.45, 7) is 7.85. The number of nitrogens with zero attached hydrogens (tertiary/aromatic N) is 3. The highest BCUT2D eigenvalue weighted by molar-refractivity contribution is 5.84. The molecule has 0 aromatic carbocycles. The van der Waals surface area contributed by atoms with E-state index in [1.54, 1.807) is 0 Å². The number of nitrogens with two attached hydrogens (primary N) is 1. The number of hydrogen-bond acceptors (Lipinski definition) is 5. The Morgan fingerprint density at radius 3 is 2.81 bits per heavy atom. The molecule has 6 heteroatoms. The van der Waals surface area contributed by atoms with E-state index in [1.807, 2.05) is 18.7 Å². The number of amides is 1. The monoisotopic (exact) mass is 291 g/mol. The van der Waals surface area contributed by atoms with Crippen LogP contribution < -0.4 is 16.0 Å². The van der Waals surface area contributed by atoms with Crippen molar-refractivity contribution in [3.8, 4) is 0 Å². The maximum Gasteiger partial charge on any atom is 0.240 e. The number of aromatic nitrogens is 2. The Kier molecular flexibility index (Phi) is 4.98. The first-order chi connectivity index (χ1) is 10.1. The van der Waals surface area contributed by atoms with Gasteiger partial charge in [0.25, 0.3) is 0 Å². The van der Waals surface area contributed by atoms with Crippen LogP contribution in [-0.4, -0.2) is 35.0 Å². The number of carbonyl (C=O) groups excluding carboxylic acids is 1. The summed E-state index contributed by atoms with van der Waals surface area (Å²) in [4.78, 5) is 22.9. The maximum absolute atomic E-state index is 11.6. The van der Waals surface area contributed by atoms with Crippen LogP contribution in [0.25, 0.3) is 0 Å². The third-order valence-corrected chi connectivity index (χ3v) is 3.88. The summed E-state index contributed by atoms with van der Waals surface area (Å²) in [6, 6.07) is -0.248. The van der Waals surface area contributed by atoms with Gasteiger partial charge in [-0.1, -0.05) is 13.8 Å². The van der Waals surface area contributed by atoms with Crippen LogP contribution in [0.15, 0.2) is 0 Å². The summed E-state index contributed by atoms with van der Waals surface area (Å²) in [7, 11) is 0. The highest BCUT2D eigenvalue weighted by Gasteiger charge is 2.31. The fraction of sp³-hybridized carbons (Fsp3) is 0.667. The second-order valence-corrected chi connectivity index (χ2v) is 5.47. The van der Waals surface area contributed by atoms with Crippen molar-refractivity contribution in [2.24, 2.45) is 5.73 Å². The number of anilines is 2. The molecule has 1 amide bonds. The van der Waals surface area contributed by atoms with E-state index in [-0.39, 0.29) is 11.9 Å². The van der Waals surface area contributed by atoms with E-state index >= 15 is 0 Å². The molecule has 1 aliphatic rings. The summed E-state index contributed by atoms with van der Waals surface area (Å²) in [5.74, 6) is 2.24. The van der Waals surface area contributed by atoms with Gasteiger partial charge in [-0.3, -0.25) is 4.79 Å². The summed E-state index contributed by atoms with van der Waals surface area (Å²) in [5.41, 5.74) is 6.52. The van der Waals surface area contributed by atoms with E-state index in [1.165, 1.54) is 0 Å². The van der Waals surface area contributed by atoms with Gasteiger partial charge in [-0.25, -0.2) is 9.97 Å². The predicted molar refractivity (Wildman–Crippen MR) is 84.5 cm³/mol. The third-order valence-electron chi connectivity index (χ3n) is 3.88. The van der Waals surface area contributed by atoms with Crippen molar-refractivity contribution in [1.29, 1.82) is 0 Å². The molecule has 1 saturated heterocycles. The largest absolute Gasteiger partial charge is 0.370 e. The lowest BCUT2D eigenvalue weighted by Crippen LogP contribution is -2.41. The van der Waals surface area contributed by atoms with Crippen LogP contribution in [0.1, 0.15) is 44.5 Å². The van der Waals surface area contributed by atoms with Gasteiger partial charge >= 0.3 is 0 Å². The molecule has 0 aliphatic carbocycles. The van der Waals surface area contributed by atoms with E-state index in [4.69, 9.17) is 5.73 Å². The molecule has 6 nitrogen and oxygen atoms in total. The van der Waals surface area contributed by atoms with Crippen molar-refractivity contribution >= 4 is 17.5 Å². The molecule has 1 aromatic rings. The summed E-state index contributed by atoms with van der Waals surface area (Å²) in [6.07, 6.45) is 3.57. The first kappa shape index (κ1) is 15.5. The normalized spacial score (nSPS) is 18.0. The highest BCUT2D eigenvalue weighted by Crippen LogP contribution is 2.30. The van der Waals surface area contributed by atoms with E-state index in [0.717, 1.165) is 61.8 Å². The van der Waals surface area contributed by atoms with E-state index in [9.17, 15) is 4.79 Å². The molecule has 116 valence electrons. The summed E-state index contributed by atoms with van der Waals surface area (Å²) < 4.78 is 0. The minimum absolute atomic E-state index is 0.248. The smallest absolute Gasteiger partial charge is 0.240 e. The molecule has 2 rings (SSSR count). The molecule has 21 heavy (non-hydrogen) atoms. The Morgan fingerprint density at radius 2 is 2.19 bits per heavy atom. The molecule has 1 aliphatic heterocycles. The topological polar surface area (TPSA) is 84.1 Å². The second-order valence-electron chi connectivity index (χ2n) is 5.47. The van der Waals surface area contributed by atoms with Crippen LogP contribution >= 0.6 is 0 Å². The van der Waals surface area contributed by atoms with Crippen LogP contribution in [0.5, 0.6) is 0 Å². The number of rotatable bonds is 6. The zero-order valence-corrected chi connectivity index (χ0v) is 13.1. The first-order valence-electron chi connectivity index (χ1n) is 7.75. The summed E-state index contributed by atoms with van der Waals surface area (Å²) >= 11 is 0. The van der Waals surface area contributed by atoms with E-state index in [0.29, 0.717) is 0 Å². The van der Waals surface area contributed by atoms with E-state index < -0.39 is 0 Å². The van der Waals surface area contributed by atoms with Gasteiger partial charge in [-0.2, -0.15) is 0 Å². The molecular weight excluding hydrogens is 266 g/mol. The highest BCUT2D eigenvalue weighted by atomic mass is 16.1. The molecule has 0 saturated carbocycles. The molecule has 0 radical (unpaired) electrons. The average Bonchev–Trinajstić information content (AvgIpc) is 2.95. The molecule has 0 bridgehead atoms. The Bertz CT molecular complexity index is 517. The minimum atomic E-state index is -0.272. The zero-order valence-electron chi connectivity index (χ0n) is 13.1. The van der Waals surface area contributed by atoms with E-state index in [2.05, 4.69) is 22.2 Å². The lowest BCUT2D eigenvalue weighted by atomic mass is 10.2. The molecule has 1 fully saturated rings. The Labute approximate surface area is 126 Å². The number of primary amides is 1. The molecule has 1 aromatic heterocycles. The predicted octanol–water partition coefficient (Wildman–Crippen LogP) is 1.62. The molecule has 3 N–H and O–H groups in total. The number of nitrogens with one attached hydrogen (secondary N) is 1. The maximum atomic E-state index is 11.6. The minimum Gasteiger partial charge on any atom is -0.370 e. The van der Waals surface area contributed by atoms with Crippen molar-refractivity contribution in [1.82, 2.24) is 9.97 Å². The van der Waals surface area contributed by atoms with Crippen molar-refractivity contribution in [2.75, 3.05) is 23.3 Å². The van der Waals surface area contributed by atoms with Crippen molar-refractivity contribution < 1.29 is 4.79 Å². The van der Waals surface area contributed by atoms with Crippen molar-refractivity contribution in [3.05, 3.63) is 11.4 Å². The van der Waals surface area contributed by atoms with Crippen LogP contribution in [-0.2, 0) is 11.2 Å². The van der Waals surface area contributed by atoms with Gasteiger partial charge in [0.05, 0.1) is 0 Å². The Balaban J connectivity index is 2.39. The molecule has 1 atom stereocenters. The van der Waals surface area contributed by atoms with Gasteiger partial charge < -0.3 is 16.0 Å². The number of carbonyl (C=O) groups is 1. The second kappa shape index (κ2) is 6.74. The van der Waals surface area contributed by atoms with Crippen molar-refractivity contribution in [2.45, 2.75) is 52.5 Å². The standard InChI is InChI=1S/C15H25N5O/c1-4-8-17-14-10(3)15(19-12(5-2)18-14)20-9-6-7-11(20)13(16)21/h11H,4-9H2,1-3H3,(H2,16,21)(H,17,18,19). The molecule has 0 spiro atoms. The Hall–Kier alpha value is -1.85. The van der Waals surface area contributed by atoms with Gasteiger partial charge in [0, 0.05) is 25.1 Å². The van der Waals surface area contributed by atoms with Gasteiger partial charge in [0.1, 0.15) is 23.5 Å². The van der Waals surface area contributed by atoms with Gasteiger partial charge in [-0.05, 0) is 26.2 Å². The molecular formula is C15H25N5O. The fourth-order valence-corrected chi connectivity index (χ4v) is 2.72. The zero-order chi connectivity index (χ0) is 15.4. The first-order valence-corrected chi connectivity index (χ1v) is 7.75. The summed E-state index contributed by atoms with van der Waals surface area (Å²) in [5, 5.41) is 3.35. The van der Waals surface area contributed by atoms with Gasteiger partial charge in [0.2, 0.25) is 5.91 Å². The van der Waals surface area contributed by atoms with Crippen LogP contribution in [0.4, 0.5) is 11.6 Å². The van der Waals surface area contributed by atoms with Crippen LogP contribution in [0.3, 0.4) is 0 Å². The Morgan fingerprint density at radius 1 is 1.43 bits per heavy atom. The van der Waals surface area contributed by atoms with Gasteiger partial charge in [0.15, 0.2) is 0 Å². The SMILES string of the molecule is CCCNc1nc(CC)nc(N2CCCC2C(N)=O)c1C. The lowest BCUT2D eigenvalue weighted by molar-refractivity contribution is -0.119. The third kappa shape index (κ3) is 3.25. The molecule has 2 heterocycles. The average molecular weight is 291 g/mol. The van der Waals surface area contributed by atoms with Crippen LogP contribution in [0.2, 0.25) is 0 Å². The lowest BCUT2D eigenvalue weighted by Gasteiger charge is -2.26. The van der Waals surface area contributed by atoms with Crippen molar-refractivity contribution in [3.63, 3.8) is 0 Å². The van der Waals surface area contributed by atoms with Crippen LogP contribution in [0, 0.1) is 6.92 Å². The van der Waals surface area contributed by atoms with Gasteiger partial charge in [-0.15, -0.1) is 0 Å². The molecule has 1 unspecified atom stereocenters. The quantitative estimate of drug-likeness (QED) is 0.832.